The van der Waals surface area contributed by atoms with Crippen LogP contribution in [-0.2, 0) is 6.42 Å². The van der Waals surface area contributed by atoms with E-state index in [4.69, 9.17) is 4.52 Å². The van der Waals surface area contributed by atoms with E-state index < -0.39 is 0 Å². The zero-order valence-corrected chi connectivity index (χ0v) is 10.3. The summed E-state index contributed by atoms with van der Waals surface area (Å²) in [5, 5.41) is 4.10. The average molecular weight is 266 g/mol. The highest BCUT2D eigenvalue weighted by molar-refractivity contribution is 9.10. The number of hydrogen-bond donors (Lipinski definition) is 0. The second-order valence-corrected chi connectivity index (χ2v) is 4.34. The van der Waals surface area contributed by atoms with E-state index in [-0.39, 0.29) is 0 Å². The van der Waals surface area contributed by atoms with Crippen molar-refractivity contribution in [3.05, 3.63) is 40.1 Å². The van der Waals surface area contributed by atoms with Gasteiger partial charge in [-0.1, -0.05) is 40.1 Å². The van der Waals surface area contributed by atoms with Gasteiger partial charge in [-0.3, -0.25) is 0 Å². The summed E-state index contributed by atoms with van der Waals surface area (Å²) in [6, 6.07) is 8.11. The molecule has 0 aliphatic carbocycles. The molecule has 0 aliphatic rings. The normalized spacial score (nSPS) is 10.6. The lowest BCUT2D eigenvalue weighted by atomic mass is 10.0. The fourth-order valence-electron chi connectivity index (χ4n) is 1.64. The molecule has 0 atom stereocenters. The van der Waals surface area contributed by atoms with Crippen molar-refractivity contribution >= 4 is 15.9 Å². The van der Waals surface area contributed by atoms with Crippen LogP contribution >= 0.6 is 15.9 Å². The van der Waals surface area contributed by atoms with Crippen LogP contribution in [0.4, 0.5) is 0 Å². The molecule has 0 radical (unpaired) electrons. The molecular formula is C12H12BrNO. The highest BCUT2D eigenvalue weighted by Crippen LogP contribution is 2.26. The van der Waals surface area contributed by atoms with Gasteiger partial charge in [-0.2, -0.15) is 0 Å². The maximum atomic E-state index is 5.21. The van der Waals surface area contributed by atoms with Crippen molar-refractivity contribution in [3.63, 3.8) is 0 Å². The third-order valence-corrected chi connectivity index (χ3v) is 2.98. The van der Waals surface area contributed by atoms with Crippen LogP contribution in [0.2, 0.25) is 0 Å². The Bertz CT molecular complexity index is 459. The maximum Gasteiger partial charge on any atom is 0.137 e. The molecule has 78 valence electrons. The number of nitrogens with zero attached hydrogens (tertiary/aromatic N) is 1. The molecule has 0 spiro atoms. The van der Waals surface area contributed by atoms with Crippen molar-refractivity contribution in [2.45, 2.75) is 20.3 Å². The van der Waals surface area contributed by atoms with Gasteiger partial charge < -0.3 is 4.52 Å². The zero-order chi connectivity index (χ0) is 10.8. The second kappa shape index (κ2) is 4.19. The van der Waals surface area contributed by atoms with Crippen molar-refractivity contribution in [1.29, 1.82) is 0 Å². The predicted octanol–water partition coefficient (Wildman–Crippen LogP) is 3.97. The van der Waals surface area contributed by atoms with Crippen LogP contribution in [0.1, 0.15) is 18.2 Å². The highest BCUT2D eigenvalue weighted by atomic mass is 79.9. The molecule has 1 heterocycles. The van der Waals surface area contributed by atoms with E-state index in [2.05, 4.69) is 28.0 Å². The van der Waals surface area contributed by atoms with E-state index >= 15 is 0 Å². The Morgan fingerprint density at radius 1 is 1.27 bits per heavy atom. The molecule has 0 N–H and O–H groups in total. The van der Waals surface area contributed by atoms with Crippen LogP contribution in [0.5, 0.6) is 0 Å². The summed E-state index contributed by atoms with van der Waals surface area (Å²) < 4.78 is 6.28. The van der Waals surface area contributed by atoms with Crippen molar-refractivity contribution in [2.24, 2.45) is 0 Å². The van der Waals surface area contributed by atoms with Crippen molar-refractivity contribution in [2.75, 3.05) is 0 Å². The lowest BCUT2D eigenvalue weighted by Gasteiger charge is -1.99. The van der Waals surface area contributed by atoms with Gasteiger partial charge in [-0.15, -0.1) is 0 Å². The van der Waals surface area contributed by atoms with E-state index in [0.29, 0.717) is 0 Å². The van der Waals surface area contributed by atoms with Crippen LogP contribution in [0.15, 0.2) is 33.3 Å². The Morgan fingerprint density at radius 3 is 2.53 bits per heavy atom. The Labute approximate surface area is 97.4 Å². The summed E-state index contributed by atoms with van der Waals surface area (Å²) in [6.45, 7) is 4.07. The number of halogens is 1. The lowest BCUT2D eigenvalue weighted by Crippen LogP contribution is -1.85. The molecule has 2 nitrogen and oxygen atoms in total. The molecule has 1 aromatic carbocycles. The topological polar surface area (TPSA) is 26.0 Å². The van der Waals surface area contributed by atoms with E-state index in [1.165, 1.54) is 5.56 Å². The SMILES string of the molecule is CCc1c(-c2ccc(Br)cc2)noc1C. The monoisotopic (exact) mass is 265 g/mol. The number of benzene rings is 1. The average Bonchev–Trinajstić information content (AvgIpc) is 2.61. The minimum absolute atomic E-state index is 0.912. The van der Waals surface area contributed by atoms with Crippen LogP contribution in [0, 0.1) is 6.92 Å². The van der Waals surface area contributed by atoms with E-state index in [9.17, 15) is 0 Å². The van der Waals surface area contributed by atoms with E-state index in [1.54, 1.807) is 0 Å². The van der Waals surface area contributed by atoms with Gasteiger partial charge in [0, 0.05) is 15.6 Å². The van der Waals surface area contributed by atoms with Crippen molar-refractivity contribution < 1.29 is 4.52 Å². The number of hydrogen-bond acceptors (Lipinski definition) is 2. The van der Waals surface area contributed by atoms with Gasteiger partial charge in [0.1, 0.15) is 11.5 Å². The molecular weight excluding hydrogens is 254 g/mol. The first-order valence-electron chi connectivity index (χ1n) is 4.93. The fourth-order valence-corrected chi connectivity index (χ4v) is 1.91. The third kappa shape index (κ3) is 1.97. The smallest absolute Gasteiger partial charge is 0.137 e. The molecule has 0 amide bonds. The number of aryl methyl sites for hydroxylation is 1. The van der Waals surface area contributed by atoms with Crippen LogP contribution < -0.4 is 0 Å². The van der Waals surface area contributed by atoms with Gasteiger partial charge in [0.25, 0.3) is 0 Å². The summed E-state index contributed by atoms with van der Waals surface area (Å²) in [7, 11) is 0. The summed E-state index contributed by atoms with van der Waals surface area (Å²) in [4.78, 5) is 0. The first kappa shape index (κ1) is 10.4. The molecule has 0 unspecified atom stereocenters. The van der Waals surface area contributed by atoms with Crippen molar-refractivity contribution in [3.8, 4) is 11.3 Å². The minimum atomic E-state index is 0.912. The summed E-state index contributed by atoms with van der Waals surface area (Å²) in [5.41, 5.74) is 3.26. The molecule has 1 aromatic heterocycles. The summed E-state index contributed by atoms with van der Waals surface area (Å²) >= 11 is 3.41. The van der Waals surface area contributed by atoms with Gasteiger partial charge in [-0.05, 0) is 25.5 Å². The van der Waals surface area contributed by atoms with Gasteiger partial charge in [0.2, 0.25) is 0 Å². The molecule has 0 aliphatic heterocycles. The third-order valence-electron chi connectivity index (χ3n) is 2.46. The molecule has 0 fully saturated rings. The van der Waals surface area contributed by atoms with Crippen LogP contribution in [0.3, 0.4) is 0 Å². The maximum absolute atomic E-state index is 5.21. The van der Waals surface area contributed by atoms with Gasteiger partial charge >= 0.3 is 0 Å². The lowest BCUT2D eigenvalue weighted by molar-refractivity contribution is 0.398. The Balaban J connectivity index is 2.49. The molecule has 0 saturated heterocycles. The van der Waals surface area contributed by atoms with E-state index in [0.717, 1.165) is 27.9 Å². The minimum Gasteiger partial charge on any atom is -0.361 e. The molecule has 3 heteroatoms. The van der Waals surface area contributed by atoms with Crippen molar-refractivity contribution in [1.82, 2.24) is 5.16 Å². The fraction of sp³-hybridized carbons (Fsp3) is 0.250. The summed E-state index contributed by atoms with van der Waals surface area (Å²) in [6.07, 6.45) is 0.945. The van der Waals surface area contributed by atoms with Gasteiger partial charge in [0.15, 0.2) is 0 Å². The first-order chi connectivity index (χ1) is 7.22. The second-order valence-electron chi connectivity index (χ2n) is 3.43. The standard InChI is InChI=1S/C12H12BrNO/c1-3-11-8(2)15-14-12(11)9-4-6-10(13)7-5-9/h4-7H,3H2,1-2H3. The highest BCUT2D eigenvalue weighted by Gasteiger charge is 2.12. The molecule has 2 aromatic rings. The van der Waals surface area contributed by atoms with Crippen LogP contribution in [0.25, 0.3) is 11.3 Å². The largest absolute Gasteiger partial charge is 0.361 e. The molecule has 0 bridgehead atoms. The van der Waals surface area contributed by atoms with Crippen LogP contribution in [-0.4, -0.2) is 5.16 Å². The Hall–Kier alpha value is -1.09. The quantitative estimate of drug-likeness (QED) is 0.821. The summed E-state index contributed by atoms with van der Waals surface area (Å²) in [5.74, 6) is 0.912. The number of aromatic nitrogens is 1. The Kier molecular flexibility index (Phi) is 2.91. The molecule has 0 saturated carbocycles. The number of rotatable bonds is 2. The Morgan fingerprint density at radius 2 is 1.93 bits per heavy atom. The van der Waals surface area contributed by atoms with Gasteiger partial charge in [-0.25, -0.2) is 0 Å². The first-order valence-corrected chi connectivity index (χ1v) is 5.72. The predicted molar refractivity (Wildman–Crippen MR) is 63.8 cm³/mol. The van der Waals surface area contributed by atoms with E-state index in [1.807, 2.05) is 31.2 Å². The molecule has 15 heavy (non-hydrogen) atoms. The molecule has 2 rings (SSSR count). The van der Waals surface area contributed by atoms with Gasteiger partial charge in [0.05, 0.1) is 0 Å². The zero-order valence-electron chi connectivity index (χ0n) is 8.75.